The Hall–Kier alpha value is -1.36. The maximum Gasteiger partial charge on any atom is 0.307 e. The molecular weight excluding hydrogens is 206 g/mol. The number of oxazole rings is 1. The van der Waals surface area contributed by atoms with E-state index < -0.39 is 0 Å². The summed E-state index contributed by atoms with van der Waals surface area (Å²) in [7, 11) is 0. The van der Waals surface area contributed by atoms with Gasteiger partial charge in [-0.2, -0.15) is 0 Å². The normalized spacial score (nSPS) is 13.6. The number of nitrogens with zero attached hydrogens (tertiary/aromatic N) is 1. The molecule has 0 aliphatic heterocycles. The third-order valence-electron chi connectivity index (χ3n) is 2.17. The van der Waals surface area contributed by atoms with E-state index in [0.717, 1.165) is 0 Å². The predicted octanol–water partition coefficient (Wildman–Crippen LogP) is 1.05. The van der Waals surface area contributed by atoms with Crippen molar-refractivity contribution >= 4 is 5.91 Å². The average Bonchev–Trinajstić information content (AvgIpc) is 2.65. The summed E-state index contributed by atoms with van der Waals surface area (Å²) in [6, 6.07) is -0.0857. The number of carbonyl (C=O) groups is 1. The number of nitrogens with one attached hydrogen (secondary N) is 1. The summed E-state index contributed by atoms with van der Waals surface area (Å²) in [6.07, 6.45) is 1.59. The molecule has 0 fully saturated rings. The summed E-state index contributed by atoms with van der Waals surface area (Å²) in [5, 5.41) is 2.69. The van der Waals surface area contributed by atoms with Gasteiger partial charge in [-0.05, 0) is 6.92 Å². The second-order valence-corrected chi connectivity index (χ2v) is 4.89. The minimum atomic E-state index is -0.326. The molecule has 0 saturated heterocycles. The van der Waals surface area contributed by atoms with Crippen LogP contribution in [0.3, 0.4) is 0 Å². The van der Waals surface area contributed by atoms with Gasteiger partial charge in [0, 0.05) is 18.0 Å². The molecule has 0 spiro atoms. The molecule has 1 atom stereocenters. The molecule has 0 aromatic carbocycles. The van der Waals surface area contributed by atoms with Crippen molar-refractivity contribution in [2.24, 2.45) is 5.73 Å². The van der Waals surface area contributed by atoms with Crippen molar-refractivity contribution in [2.75, 3.05) is 6.54 Å². The lowest BCUT2D eigenvalue weighted by atomic mass is 9.94. The number of hydrogen-bond donors (Lipinski definition) is 2. The Morgan fingerprint density at radius 3 is 2.69 bits per heavy atom. The third kappa shape index (κ3) is 3.06. The Bertz CT molecular complexity index is 366. The van der Waals surface area contributed by atoms with Crippen LogP contribution in [-0.4, -0.2) is 23.5 Å². The molecule has 1 amide bonds. The molecule has 1 unspecified atom stereocenters. The zero-order valence-corrected chi connectivity index (χ0v) is 10.2. The minimum absolute atomic E-state index is 0.0857. The van der Waals surface area contributed by atoms with Gasteiger partial charge in [0.05, 0.1) is 6.20 Å². The molecule has 1 heterocycles. The first-order valence-corrected chi connectivity index (χ1v) is 5.32. The number of nitrogens with two attached hydrogens (primary N) is 1. The fourth-order valence-corrected chi connectivity index (χ4v) is 1.07. The quantitative estimate of drug-likeness (QED) is 0.805. The van der Waals surface area contributed by atoms with E-state index in [0.29, 0.717) is 12.3 Å². The van der Waals surface area contributed by atoms with Crippen LogP contribution in [0.25, 0.3) is 0 Å². The number of carbonyl (C=O) groups excluding carboxylic acids is 1. The van der Waals surface area contributed by atoms with Crippen molar-refractivity contribution in [3.63, 3.8) is 0 Å². The smallest absolute Gasteiger partial charge is 0.307 e. The monoisotopic (exact) mass is 225 g/mol. The highest BCUT2D eigenvalue weighted by Crippen LogP contribution is 2.22. The maximum absolute atomic E-state index is 11.6. The minimum Gasteiger partial charge on any atom is -0.437 e. The van der Waals surface area contributed by atoms with E-state index in [1.165, 1.54) is 0 Å². The van der Waals surface area contributed by atoms with E-state index in [2.05, 4.69) is 10.3 Å². The summed E-state index contributed by atoms with van der Waals surface area (Å²) >= 11 is 0. The summed E-state index contributed by atoms with van der Waals surface area (Å²) in [5.41, 5.74) is 5.26. The van der Waals surface area contributed by atoms with E-state index in [1.54, 1.807) is 6.20 Å². The van der Waals surface area contributed by atoms with Crippen LogP contribution in [0.4, 0.5) is 0 Å². The van der Waals surface area contributed by atoms with E-state index in [9.17, 15) is 4.79 Å². The van der Waals surface area contributed by atoms with Crippen LogP contribution in [0.2, 0.25) is 0 Å². The molecule has 1 aromatic rings. The lowest BCUT2D eigenvalue weighted by molar-refractivity contribution is 0.0903. The van der Waals surface area contributed by atoms with Crippen LogP contribution in [0, 0.1) is 0 Å². The first-order chi connectivity index (χ1) is 7.34. The molecule has 5 heteroatoms. The van der Waals surface area contributed by atoms with Crippen LogP contribution >= 0.6 is 0 Å². The lowest BCUT2D eigenvalue weighted by Gasteiger charge is -2.13. The fraction of sp³-hybridized carbons (Fsp3) is 0.636. The van der Waals surface area contributed by atoms with Crippen LogP contribution in [0.5, 0.6) is 0 Å². The maximum atomic E-state index is 11.6. The van der Waals surface area contributed by atoms with Gasteiger partial charge in [0.1, 0.15) is 5.76 Å². The van der Waals surface area contributed by atoms with Gasteiger partial charge in [-0.3, -0.25) is 4.79 Å². The van der Waals surface area contributed by atoms with Crippen LogP contribution in [-0.2, 0) is 5.41 Å². The van der Waals surface area contributed by atoms with Gasteiger partial charge in [0.15, 0.2) is 0 Å². The zero-order valence-electron chi connectivity index (χ0n) is 10.2. The van der Waals surface area contributed by atoms with Gasteiger partial charge in [0.2, 0.25) is 0 Å². The Morgan fingerprint density at radius 1 is 1.62 bits per heavy atom. The van der Waals surface area contributed by atoms with Gasteiger partial charge >= 0.3 is 5.91 Å². The molecule has 90 valence electrons. The largest absolute Gasteiger partial charge is 0.437 e. The van der Waals surface area contributed by atoms with Crippen molar-refractivity contribution in [1.29, 1.82) is 0 Å². The van der Waals surface area contributed by atoms with Crippen molar-refractivity contribution in [2.45, 2.75) is 39.2 Å². The number of rotatable bonds is 3. The Kier molecular flexibility index (Phi) is 3.70. The van der Waals surface area contributed by atoms with Crippen molar-refractivity contribution in [3.05, 3.63) is 17.8 Å². The van der Waals surface area contributed by atoms with Gasteiger partial charge in [0.25, 0.3) is 5.89 Å². The zero-order chi connectivity index (χ0) is 12.3. The second-order valence-electron chi connectivity index (χ2n) is 4.89. The third-order valence-corrected chi connectivity index (χ3v) is 2.17. The summed E-state index contributed by atoms with van der Waals surface area (Å²) < 4.78 is 5.39. The Balaban J connectivity index is 2.75. The number of amides is 1. The summed E-state index contributed by atoms with van der Waals surface area (Å²) in [6.45, 7) is 8.21. The molecule has 0 radical (unpaired) electrons. The standard InChI is InChI=1S/C11H19N3O2/c1-7(5-12)14-9(15)10-13-6-8(16-10)11(2,3)4/h6-7H,5,12H2,1-4H3,(H,14,15). The van der Waals surface area contributed by atoms with E-state index in [-0.39, 0.29) is 23.3 Å². The SMILES string of the molecule is CC(CN)NC(=O)c1ncc(C(C)(C)C)o1. The van der Waals surface area contributed by atoms with Gasteiger partial charge < -0.3 is 15.5 Å². The molecule has 0 bridgehead atoms. The lowest BCUT2D eigenvalue weighted by Crippen LogP contribution is -2.37. The first-order valence-electron chi connectivity index (χ1n) is 5.32. The van der Waals surface area contributed by atoms with E-state index in [1.807, 2.05) is 27.7 Å². The molecule has 1 rings (SSSR count). The molecular formula is C11H19N3O2. The highest BCUT2D eigenvalue weighted by molar-refractivity contribution is 5.89. The van der Waals surface area contributed by atoms with Gasteiger partial charge in [-0.25, -0.2) is 4.98 Å². The highest BCUT2D eigenvalue weighted by Gasteiger charge is 2.22. The van der Waals surface area contributed by atoms with Crippen LogP contribution in [0.15, 0.2) is 10.6 Å². The number of aromatic nitrogens is 1. The predicted molar refractivity (Wildman–Crippen MR) is 61.2 cm³/mol. The Morgan fingerprint density at radius 2 is 2.25 bits per heavy atom. The molecule has 5 nitrogen and oxygen atoms in total. The molecule has 3 N–H and O–H groups in total. The van der Waals surface area contributed by atoms with Crippen molar-refractivity contribution in [3.8, 4) is 0 Å². The summed E-state index contributed by atoms with van der Waals surface area (Å²) in [5.74, 6) is 0.455. The molecule has 1 aromatic heterocycles. The average molecular weight is 225 g/mol. The van der Waals surface area contributed by atoms with Gasteiger partial charge in [-0.1, -0.05) is 20.8 Å². The van der Waals surface area contributed by atoms with E-state index >= 15 is 0 Å². The topological polar surface area (TPSA) is 81.1 Å². The second kappa shape index (κ2) is 4.65. The van der Waals surface area contributed by atoms with Crippen LogP contribution in [0.1, 0.15) is 44.1 Å². The molecule has 0 aliphatic rings. The van der Waals surface area contributed by atoms with Crippen molar-refractivity contribution in [1.82, 2.24) is 10.3 Å². The molecule has 0 aliphatic carbocycles. The fourth-order valence-electron chi connectivity index (χ4n) is 1.07. The first kappa shape index (κ1) is 12.7. The van der Waals surface area contributed by atoms with Crippen LogP contribution < -0.4 is 11.1 Å². The highest BCUT2D eigenvalue weighted by atomic mass is 16.4. The molecule has 0 saturated carbocycles. The summed E-state index contributed by atoms with van der Waals surface area (Å²) in [4.78, 5) is 15.6. The van der Waals surface area contributed by atoms with E-state index in [4.69, 9.17) is 10.2 Å². The Labute approximate surface area is 95.4 Å². The number of hydrogen-bond acceptors (Lipinski definition) is 4. The van der Waals surface area contributed by atoms with Crippen molar-refractivity contribution < 1.29 is 9.21 Å². The van der Waals surface area contributed by atoms with Gasteiger partial charge in [-0.15, -0.1) is 0 Å². The molecule has 16 heavy (non-hydrogen) atoms.